The normalized spacial score (nSPS) is 25.9. The van der Waals surface area contributed by atoms with E-state index in [0.29, 0.717) is 18.0 Å². The van der Waals surface area contributed by atoms with E-state index >= 15 is 0 Å². The Morgan fingerprint density at radius 1 is 1.21 bits per heavy atom. The van der Waals surface area contributed by atoms with Gasteiger partial charge in [-0.05, 0) is 33.8 Å². The lowest BCUT2D eigenvalue weighted by atomic mass is 9.98. The molecule has 2 atom stereocenters. The van der Waals surface area contributed by atoms with Gasteiger partial charge < -0.3 is 9.64 Å². The van der Waals surface area contributed by atoms with Gasteiger partial charge in [-0.3, -0.25) is 4.90 Å². The topological polar surface area (TPSA) is 28.6 Å². The fourth-order valence-corrected chi connectivity index (χ4v) is 3.55. The Balaban J connectivity index is 1.95. The Bertz CT molecular complexity index is 612. The number of rotatable bonds is 0. The minimum absolute atomic E-state index is 0.0447. The van der Waals surface area contributed by atoms with Crippen LogP contribution in [0.5, 0.6) is 0 Å². The van der Waals surface area contributed by atoms with E-state index in [0.717, 1.165) is 19.3 Å². The number of aromatic nitrogens is 1. The first-order valence-corrected chi connectivity index (χ1v) is 8.24. The van der Waals surface area contributed by atoms with Crippen LogP contribution in [0.1, 0.15) is 38.8 Å². The minimum Gasteiger partial charge on any atom is -0.374 e. The summed E-state index contributed by atoms with van der Waals surface area (Å²) >= 11 is 0. The fraction of sp³-hybridized carbons (Fsp3) is 0.706. The fourth-order valence-electron chi connectivity index (χ4n) is 3.55. The maximum absolute atomic E-state index is 13.0. The van der Waals surface area contributed by atoms with Crippen LogP contribution in [0.15, 0.2) is 12.3 Å². The first-order valence-electron chi connectivity index (χ1n) is 8.24. The van der Waals surface area contributed by atoms with Crippen LogP contribution in [-0.4, -0.2) is 47.2 Å². The van der Waals surface area contributed by atoms with Crippen molar-refractivity contribution in [1.82, 2.24) is 9.88 Å². The van der Waals surface area contributed by atoms with E-state index < -0.39 is 11.7 Å². The number of hydrogen-bond acceptors (Lipinski definition) is 4. The lowest BCUT2D eigenvalue weighted by Gasteiger charge is -2.50. The van der Waals surface area contributed by atoms with Crippen LogP contribution < -0.4 is 4.90 Å². The standard InChI is InChI=1S/C17H24F3N3O/c1-11-7-22(16(2,3)4)8-14-10-24-9-12-5-13(17(18,19)20)6-21-15(12)23(11)14/h5-6,11,14H,7-10H2,1-4H3/t11-,14+/m0/s1. The molecule has 7 heteroatoms. The van der Waals surface area contributed by atoms with E-state index in [2.05, 4.69) is 42.5 Å². The van der Waals surface area contributed by atoms with Gasteiger partial charge >= 0.3 is 6.18 Å². The van der Waals surface area contributed by atoms with Crippen molar-refractivity contribution in [3.63, 3.8) is 0 Å². The zero-order valence-electron chi connectivity index (χ0n) is 14.5. The Hall–Kier alpha value is -1.34. The van der Waals surface area contributed by atoms with Gasteiger partial charge in [0, 0.05) is 36.4 Å². The molecule has 2 aliphatic heterocycles. The second kappa shape index (κ2) is 5.88. The number of ether oxygens (including phenoxy) is 1. The third kappa shape index (κ3) is 3.24. The number of alkyl halides is 3. The predicted molar refractivity (Wildman–Crippen MR) is 86.0 cm³/mol. The van der Waals surface area contributed by atoms with Crippen molar-refractivity contribution >= 4 is 5.82 Å². The number of anilines is 1. The van der Waals surface area contributed by atoms with Crippen molar-refractivity contribution in [2.24, 2.45) is 0 Å². The molecule has 1 aromatic rings. The molecule has 134 valence electrons. The average Bonchev–Trinajstić information content (AvgIpc) is 2.63. The van der Waals surface area contributed by atoms with Gasteiger partial charge in [0.15, 0.2) is 0 Å². The van der Waals surface area contributed by atoms with Gasteiger partial charge in [0.25, 0.3) is 0 Å². The third-order valence-corrected chi connectivity index (χ3v) is 4.82. The van der Waals surface area contributed by atoms with E-state index in [4.69, 9.17) is 4.74 Å². The molecular weight excluding hydrogens is 319 g/mol. The Morgan fingerprint density at radius 3 is 2.54 bits per heavy atom. The molecule has 1 fully saturated rings. The van der Waals surface area contributed by atoms with Crippen molar-refractivity contribution in [3.8, 4) is 0 Å². The quantitative estimate of drug-likeness (QED) is 0.723. The molecule has 3 rings (SSSR count). The third-order valence-electron chi connectivity index (χ3n) is 4.82. The Kier molecular flexibility index (Phi) is 4.28. The van der Waals surface area contributed by atoms with Gasteiger partial charge in [-0.2, -0.15) is 13.2 Å². The molecule has 1 saturated heterocycles. The van der Waals surface area contributed by atoms with Crippen LogP contribution in [0.3, 0.4) is 0 Å². The van der Waals surface area contributed by atoms with E-state index in [9.17, 15) is 13.2 Å². The highest BCUT2D eigenvalue weighted by atomic mass is 19.4. The predicted octanol–water partition coefficient (Wildman–Crippen LogP) is 3.31. The number of piperazine rings is 1. The SMILES string of the molecule is C[C@H]1CN(C(C)(C)C)C[C@@H]2COCc3cc(C(F)(F)F)cnc3N21. The molecule has 0 spiro atoms. The second-order valence-corrected chi connectivity index (χ2v) is 7.71. The summed E-state index contributed by atoms with van der Waals surface area (Å²) in [7, 11) is 0. The summed E-state index contributed by atoms with van der Waals surface area (Å²) in [6, 6.07) is 1.43. The summed E-state index contributed by atoms with van der Waals surface area (Å²) in [6.45, 7) is 11.0. The summed E-state index contributed by atoms with van der Waals surface area (Å²) in [5.74, 6) is 0.631. The van der Waals surface area contributed by atoms with Gasteiger partial charge in [-0.15, -0.1) is 0 Å². The Morgan fingerprint density at radius 2 is 1.92 bits per heavy atom. The van der Waals surface area contributed by atoms with Crippen molar-refractivity contribution in [2.45, 2.75) is 58.1 Å². The van der Waals surface area contributed by atoms with Gasteiger partial charge in [-0.25, -0.2) is 4.98 Å². The highest BCUT2D eigenvalue weighted by Gasteiger charge is 2.40. The largest absolute Gasteiger partial charge is 0.417 e. The number of hydrogen-bond donors (Lipinski definition) is 0. The average molecular weight is 343 g/mol. The second-order valence-electron chi connectivity index (χ2n) is 7.71. The summed E-state index contributed by atoms with van der Waals surface area (Å²) in [5, 5.41) is 0. The number of halogens is 3. The summed E-state index contributed by atoms with van der Waals surface area (Å²) < 4.78 is 44.5. The van der Waals surface area contributed by atoms with Gasteiger partial charge in [0.1, 0.15) is 5.82 Å². The van der Waals surface area contributed by atoms with Crippen LogP contribution >= 0.6 is 0 Å². The van der Waals surface area contributed by atoms with E-state index in [1.54, 1.807) is 0 Å². The molecule has 24 heavy (non-hydrogen) atoms. The zero-order valence-corrected chi connectivity index (χ0v) is 14.5. The number of fused-ring (bicyclic) bond motifs is 3. The summed E-state index contributed by atoms with van der Waals surface area (Å²) in [6.07, 6.45) is -3.45. The molecule has 0 aromatic carbocycles. The molecule has 0 saturated carbocycles. The van der Waals surface area contributed by atoms with Gasteiger partial charge in [-0.1, -0.05) is 0 Å². The smallest absolute Gasteiger partial charge is 0.374 e. The van der Waals surface area contributed by atoms with Crippen LogP contribution in [0.4, 0.5) is 19.0 Å². The molecule has 3 heterocycles. The Labute approximate surface area is 140 Å². The lowest BCUT2D eigenvalue weighted by Crippen LogP contribution is -2.63. The van der Waals surface area contributed by atoms with Crippen LogP contribution in [0, 0.1) is 0 Å². The van der Waals surface area contributed by atoms with Crippen LogP contribution in [0.2, 0.25) is 0 Å². The monoisotopic (exact) mass is 343 g/mol. The van der Waals surface area contributed by atoms with E-state index in [1.807, 2.05) is 0 Å². The van der Waals surface area contributed by atoms with Crippen LogP contribution in [0.25, 0.3) is 0 Å². The molecule has 0 amide bonds. The van der Waals surface area contributed by atoms with E-state index in [-0.39, 0.29) is 24.2 Å². The highest BCUT2D eigenvalue weighted by molar-refractivity contribution is 5.51. The van der Waals surface area contributed by atoms with Gasteiger partial charge in [0.05, 0.1) is 24.8 Å². The van der Waals surface area contributed by atoms with Crippen molar-refractivity contribution in [3.05, 3.63) is 23.4 Å². The first kappa shape index (κ1) is 17.5. The van der Waals surface area contributed by atoms with Crippen molar-refractivity contribution < 1.29 is 17.9 Å². The summed E-state index contributed by atoms with van der Waals surface area (Å²) in [4.78, 5) is 8.72. The molecule has 0 unspecified atom stereocenters. The molecule has 0 aliphatic carbocycles. The zero-order chi connectivity index (χ0) is 17.7. The van der Waals surface area contributed by atoms with Crippen molar-refractivity contribution in [2.75, 3.05) is 24.6 Å². The van der Waals surface area contributed by atoms with E-state index in [1.165, 1.54) is 6.07 Å². The lowest BCUT2D eigenvalue weighted by molar-refractivity contribution is -0.137. The highest BCUT2D eigenvalue weighted by Crippen LogP contribution is 2.35. The number of pyridine rings is 1. The molecule has 0 N–H and O–H groups in total. The summed E-state index contributed by atoms with van der Waals surface area (Å²) in [5.41, 5.74) is -0.157. The minimum atomic E-state index is -4.38. The maximum Gasteiger partial charge on any atom is 0.417 e. The number of nitrogens with zero attached hydrogens (tertiary/aromatic N) is 3. The molecule has 2 aliphatic rings. The molecule has 0 bridgehead atoms. The molecule has 1 aromatic heterocycles. The molecule has 0 radical (unpaired) electrons. The first-order chi connectivity index (χ1) is 11.1. The van der Waals surface area contributed by atoms with Crippen molar-refractivity contribution in [1.29, 1.82) is 0 Å². The van der Waals surface area contributed by atoms with Crippen LogP contribution in [-0.2, 0) is 17.5 Å². The van der Waals surface area contributed by atoms with Gasteiger partial charge in [0.2, 0.25) is 0 Å². The molecular formula is C17H24F3N3O. The molecule has 4 nitrogen and oxygen atoms in total. The maximum atomic E-state index is 13.0.